The summed E-state index contributed by atoms with van der Waals surface area (Å²) in [5, 5.41) is 12.0. The number of nitrogens with one attached hydrogen (secondary N) is 2. The van der Waals surface area contributed by atoms with E-state index in [1.165, 1.54) is 6.20 Å². The van der Waals surface area contributed by atoms with Gasteiger partial charge in [-0.1, -0.05) is 12.1 Å². The van der Waals surface area contributed by atoms with Crippen LogP contribution in [0.2, 0.25) is 0 Å². The van der Waals surface area contributed by atoms with E-state index >= 15 is 0 Å². The van der Waals surface area contributed by atoms with Crippen molar-refractivity contribution in [1.82, 2.24) is 25.3 Å². The number of aliphatic carboxylic acids is 1. The third-order valence-electron chi connectivity index (χ3n) is 5.69. The number of H-pyrrole nitrogens is 1. The second kappa shape index (κ2) is 13.9. The number of aryl methyl sites for hydroxylation is 2. The number of Topliss-reactive ketones (excluding diaryl/α,β-unsaturated/α-hetero) is 1. The first kappa shape index (κ1) is 28.3. The number of ketones is 1. The average Bonchev–Trinajstić information content (AvgIpc) is 2.89. The maximum absolute atomic E-state index is 12.6. The lowest BCUT2D eigenvalue weighted by molar-refractivity contribution is -0.139. The number of carbonyl (C=O) groups excluding carboxylic acids is 2. The molecule has 0 aliphatic heterocycles. The second-order valence-corrected chi connectivity index (χ2v) is 8.63. The normalized spacial score (nSPS) is 11.8. The summed E-state index contributed by atoms with van der Waals surface area (Å²) < 4.78 is 5.22. The number of aromatic amines is 1. The molecule has 0 bridgehead atoms. The van der Waals surface area contributed by atoms with Crippen molar-refractivity contribution in [2.24, 2.45) is 5.73 Å². The summed E-state index contributed by atoms with van der Waals surface area (Å²) in [4.78, 5) is 63.0. The molecule has 1 amide bonds. The molecule has 1 unspecified atom stereocenters. The Morgan fingerprint density at radius 3 is 2.55 bits per heavy atom. The summed E-state index contributed by atoms with van der Waals surface area (Å²) in [5.74, 6) is -1.87. The molecular formula is C25H31N7O6. The summed E-state index contributed by atoms with van der Waals surface area (Å²) in [5.41, 5.74) is 12.5. The zero-order valence-corrected chi connectivity index (χ0v) is 20.8. The van der Waals surface area contributed by atoms with Crippen molar-refractivity contribution < 1.29 is 24.2 Å². The van der Waals surface area contributed by atoms with Crippen molar-refractivity contribution in [3.05, 3.63) is 57.6 Å². The summed E-state index contributed by atoms with van der Waals surface area (Å²) in [7, 11) is 0. The van der Waals surface area contributed by atoms with Crippen LogP contribution < -0.4 is 22.3 Å². The lowest BCUT2D eigenvalue weighted by Crippen LogP contribution is -2.41. The molecule has 38 heavy (non-hydrogen) atoms. The summed E-state index contributed by atoms with van der Waals surface area (Å²) >= 11 is 0. The molecule has 2 aromatic heterocycles. The van der Waals surface area contributed by atoms with Gasteiger partial charge in [-0.25, -0.2) is 14.8 Å². The summed E-state index contributed by atoms with van der Waals surface area (Å²) in [6, 6.07) is 5.52. The van der Waals surface area contributed by atoms with Gasteiger partial charge in [0.05, 0.1) is 18.5 Å². The van der Waals surface area contributed by atoms with Crippen molar-refractivity contribution in [3.63, 3.8) is 0 Å². The monoisotopic (exact) mass is 525 g/mol. The molecule has 3 rings (SSSR count). The number of nitrogen functional groups attached to an aromatic ring is 1. The second-order valence-electron chi connectivity index (χ2n) is 8.63. The molecule has 0 aliphatic carbocycles. The topological polar surface area (TPSA) is 216 Å². The molecule has 0 spiro atoms. The van der Waals surface area contributed by atoms with Crippen LogP contribution in [0.4, 0.5) is 5.95 Å². The standard InChI is InChI=1S/C25H31N7O6/c26-11-13-38-12-1-2-18(33)9-10-19(24(36)37)30-22(34)16-6-3-15(4-7-16)5-8-17-14-28-21-20(29-17)23(35)32-25(27)31-21/h3-4,6-7,14,19H,1-2,5,8-13,26H2,(H,30,34)(H,36,37)(H3,27,28,31,32,35). The highest BCUT2D eigenvalue weighted by atomic mass is 16.5. The number of carboxylic acids is 1. The van der Waals surface area contributed by atoms with Crippen molar-refractivity contribution in [3.8, 4) is 0 Å². The molecular weight excluding hydrogens is 494 g/mol. The molecule has 0 aliphatic rings. The van der Waals surface area contributed by atoms with Gasteiger partial charge in [0.25, 0.3) is 11.5 Å². The Morgan fingerprint density at radius 1 is 1.08 bits per heavy atom. The number of anilines is 1. The Balaban J connectivity index is 1.50. The fourth-order valence-corrected chi connectivity index (χ4v) is 3.67. The predicted molar refractivity (Wildman–Crippen MR) is 138 cm³/mol. The highest BCUT2D eigenvalue weighted by Gasteiger charge is 2.21. The number of aromatic nitrogens is 4. The van der Waals surface area contributed by atoms with Gasteiger partial charge in [0.2, 0.25) is 5.95 Å². The minimum atomic E-state index is -1.21. The van der Waals surface area contributed by atoms with Gasteiger partial charge in [0, 0.05) is 31.6 Å². The first-order chi connectivity index (χ1) is 18.3. The zero-order valence-electron chi connectivity index (χ0n) is 20.8. The Labute approximate surface area is 218 Å². The minimum absolute atomic E-state index is 0.000607. The number of fused-ring (bicyclic) bond motifs is 1. The molecule has 13 heteroatoms. The van der Waals surface area contributed by atoms with E-state index in [4.69, 9.17) is 16.2 Å². The lowest BCUT2D eigenvalue weighted by Gasteiger charge is -2.14. The van der Waals surface area contributed by atoms with E-state index in [2.05, 4.69) is 25.3 Å². The van der Waals surface area contributed by atoms with Crippen LogP contribution in [-0.4, -0.2) is 68.5 Å². The number of nitrogens with two attached hydrogens (primary N) is 2. The van der Waals surface area contributed by atoms with Crippen molar-refractivity contribution in [2.75, 3.05) is 25.5 Å². The van der Waals surface area contributed by atoms with Crippen LogP contribution in [0.15, 0.2) is 35.3 Å². The molecule has 0 radical (unpaired) electrons. The third-order valence-corrected chi connectivity index (χ3v) is 5.69. The van der Waals surface area contributed by atoms with Crippen LogP contribution in [-0.2, 0) is 27.2 Å². The first-order valence-electron chi connectivity index (χ1n) is 12.2. The Bertz CT molecular complexity index is 1330. The molecule has 7 N–H and O–H groups in total. The molecule has 13 nitrogen and oxygen atoms in total. The summed E-state index contributed by atoms with van der Waals surface area (Å²) in [6.45, 7) is 1.26. The first-order valence-corrected chi connectivity index (χ1v) is 12.2. The molecule has 0 saturated carbocycles. The molecule has 1 atom stereocenters. The Morgan fingerprint density at radius 2 is 1.84 bits per heavy atom. The van der Waals surface area contributed by atoms with E-state index < -0.39 is 23.5 Å². The quantitative estimate of drug-likeness (QED) is 0.171. The Kier molecular flexibility index (Phi) is 10.4. The van der Waals surface area contributed by atoms with Crippen molar-refractivity contribution >= 4 is 34.8 Å². The van der Waals surface area contributed by atoms with Gasteiger partial charge in [0.1, 0.15) is 11.8 Å². The minimum Gasteiger partial charge on any atom is -0.480 e. The number of carbonyl (C=O) groups is 3. The predicted octanol–water partition coefficient (Wildman–Crippen LogP) is 0.368. The molecule has 1 aromatic carbocycles. The number of hydrogen-bond acceptors (Lipinski definition) is 10. The van der Waals surface area contributed by atoms with E-state index in [9.17, 15) is 24.3 Å². The van der Waals surface area contributed by atoms with Crippen LogP contribution in [0, 0.1) is 0 Å². The largest absolute Gasteiger partial charge is 0.480 e. The van der Waals surface area contributed by atoms with E-state index in [1.807, 2.05) is 0 Å². The van der Waals surface area contributed by atoms with Gasteiger partial charge in [-0.3, -0.25) is 19.4 Å². The highest BCUT2D eigenvalue weighted by Crippen LogP contribution is 2.11. The van der Waals surface area contributed by atoms with Gasteiger partial charge < -0.3 is 26.6 Å². The molecule has 0 saturated heterocycles. The number of carboxylic acid groups (broad SMARTS) is 1. The van der Waals surface area contributed by atoms with Crippen molar-refractivity contribution in [1.29, 1.82) is 0 Å². The smallest absolute Gasteiger partial charge is 0.326 e. The number of benzene rings is 1. The van der Waals surface area contributed by atoms with Gasteiger partial charge in [0.15, 0.2) is 11.2 Å². The van der Waals surface area contributed by atoms with E-state index in [0.717, 1.165) is 5.56 Å². The number of amides is 1. The maximum atomic E-state index is 12.6. The number of nitrogens with zero attached hydrogens (tertiary/aromatic N) is 3. The summed E-state index contributed by atoms with van der Waals surface area (Å²) in [6.07, 6.45) is 3.44. The maximum Gasteiger partial charge on any atom is 0.326 e. The van der Waals surface area contributed by atoms with Crippen LogP contribution in [0.1, 0.15) is 47.3 Å². The third kappa shape index (κ3) is 8.42. The fourth-order valence-electron chi connectivity index (χ4n) is 3.67. The number of rotatable bonds is 15. The van der Waals surface area contributed by atoms with E-state index in [0.29, 0.717) is 50.3 Å². The van der Waals surface area contributed by atoms with E-state index in [-0.39, 0.29) is 42.2 Å². The van der Waals surface area contributed by atoms with Crippen LogP contribution in [0.5, 0.6) is 0 Å². The van der Waals surface area contributed by atoms with E-state index in [1.54, 1.807) is 24.3 Å². The zero-order chi connectivity index (χ0) is 27.5. The molecule has 0 fully saturated rings. The lowest BCUT2D eigenvalue weighted by atomic mass is 10.0. The molecule has 202 valence electrons. The SMILES string of the molecule is NCCOCCCC(=O)CCC(NC(=O)c1ccc(CCc2cnc3nc(N)[nH]c(=O)c3n2)cc1)C(=O)O. The van der Waals surface area contributed by atoms with Crippen molar-refractivity contribution in [2.45, 2.75) is 44.6 Å². The van der Waals surface area contributed by atoms with Crippen LogP contribution in [0.3, 0.4) is 0 Å². The van der Waals surface area contributed by atoms with Crippen LogP contribution in [0.25, 0.3) is 11.2 Å². The van der Waals surface area contributed by atoms with Gasteiger partial charge in [-0.05, 0) is 43.4 Å². The fraction of sp³-hybridized carbons (Fsp3) is 0.400. The van der Waals surface area contributed by atoms with Gasteiger partial charge in [-0.15, -0.1) is 0 Å². The number of ether oxygens (including phenoxy) is 1. The molecule has 3 aromatic rings. The average molecular weight is 526 g/mol. The van der Waals surface area contributed by atoms with Gasteiger partial charge >= 0.3 is 5.97 Å². The number of hydrogen-bond donors (Lipinski definition) is 5. The molecule has 2 heterocycles. The van der Waals surface area contributed by atoms with Crippen LogP contribution >= 0.6 is 0 Å². The van der Waals surface area contributed by atoms with Gasteiger partial charge in [-0.2, -0.15) is 4.98 Å². The Hall–Kier alpha value is -4.23. The highest BCUT2D eigenvalue weighted by molar-refractivity contribution is 5.96.